The largest absolute Gasteiger partial charge is 0.384 e. The first-order chi connectivity index (χ1) is 11.7. The van der Waals surface area contributed by atoms with Crippen molar-refractivity contribution in [2.24, 2.45) is 0 Å². The topological polar surface area (TPSA) is 41.3 Å². The summed E-state index contributed by atoms with van der Waals surface area (Å²) in [6.45, 7) is 1.67. The molecule has 122 valence electrons. The van der Waals surface area contributed by atoms with Gasteiger partial charge in [0.2, 0.25) is 0 Å². The van der Waals surface area contributed by atoms with Gasteiger partial charge in [-0.25, -0.2) is 4.68 Å². The van der Waals surface area contributed by atoms with E-state index >= 15 is 0 Å². The summed E-state index contributed by atoms with van der Waals surface area (Å²) in [5.74, 6) is 5.63. The normalized spacial score (nSPS) is 10.6. The third-order valence-corrected chi connectivity index (χ3v) is 4.52. The lowest BCUT2D eigenvalue weighted by Crippen LogP contribution is -2.16. The lowest BCUT2D eigenvalue weighted by atomic mass is 10.2. The SMILES string of the molecule is CN(Cc1ccc(-n2cccn2)cc1)Cc1ccc(C#CCO)s1. The number of nitrogens with zero attached hydrogens (tertiary/aromatic N) is 3. The summed E-state index contributed by atoms with van der Waals surface area (Å²) in [5.41, 5.74) is 2.34. The molecule has 0 saturated carbocycles. The lowest BCUT2D eigenvalue weighted by Gasteiger charge is -2.16. The van der Waals surface area contributed by atoms with Crippen LogP contribution in [0, 0.1) is 11.8 Å². The molecule has 4 nitrogen and oxygen atoms in total. The van der Waals surface area contributed by atoms with Crippen LogP contribution < -0.4 is 0 Å². The van der Waals surface area contributed by atoms with Crippen molar-refractivity contribution < 1.29 is 5.11 Å². The number of hydrogen-bond acceptors (Lipinski definition) is 4. The maximum Gasteiger partial charge on any atom is 0.104 e. The van der Waals surface area contributed by atoms with Gasteiger partial charge in [0, 0.05) is 30.4 Å². The zero-order valence-corrected chi connectivity index (χ0v) is 14.3. The van der Waals surface area contributed by atoms with Gasteiger partial charge in [-0.2, -0.15) is 5.10 Å². The van der Waals surface area contributed by atoms with Crippen LogP contribution in [0.1, 0.15) is 15.3 Å². The molecule has 0 aliphatic heterocycles. The van der Waals surface area contributed by atoms with Crippen LogP contribution in [0.2, 0.25) is 0 Å². The molecule has 0 radical (unpaired) electrons. The van der Waals surface area contributed by atoms with Crippen LogP contribution >= 0.6 is 11.3 Å². The van der Waals surface area contributed by atoms with E-state index in [1.165, 1.54) is 10.4 Å². The average Bonchev–Trinajstić information content (AvgIpc) is 3.25. The minimum atomic E-state index is -0.0956. The van der Waals surface area contributed by atoms with Crippen molar-refractivity contribution in [2.75, 3.05) is 13.7 Å². The maximum atomic E-state index is 8.74. The van der Waals surface area contributed by atoms with Gasteiger partial charge in [-0.05, 0) is 42.9 Å². The molecule has 0 bridgehead atoms. The van der Waals surface area contributed by atoms with Crippen molar-refractivity contribution in [1.29, 1.82) is 0 Å². The standard InChI is InChI=1S/C19H19N3OS/c1-21(15-19-10-9-18(24-19)4-2-13-23)14-16-5-7-17(8-6-16)22-12-3-11-20-22/h3,5-12,23H,13-15H2,1H3. The molecule has 1 N–H and O–H groups in total. The molecule has 0 spiro atoms. The Labute approximate surface area is 146 Å². The van der Waals surface area contributed by atoms with Gasteiger partial charge in [0.15, 0.2) is 0 Å². The molecule has 3 rings (SSSR count). The fraction of sp³-hybridized carbons (Fsp3) is 0.211. The fourth-order valence-corrected chi connectivity index (χ4v) is 3.43. The Kier molecular flexibility index (Phi) is 5.44. The summed E-state index contributed by atoms with van der Waals surface area (Å²) < 4.78 is 1.86. The summed E-state index contributed by atoms with van der Waals surface area (Å²) in [7, 11) is 2.11. The number of hydrogen-bond donors (Lipinski definition) is 1. The quantitative estimate of drug-likeness (QED) is 0.728. The Morgan fingerprint density at radius 3 is 2.71 bits per heavy atom. The smallest absolute Gasteiger partial charge is 0.104 e. The van der Waals surface area contributed by atoms with E-state index in [0.29, 0.717) is 0 Å². The Bertz CT molecular complexity index is 826. The molecule has 2 heterocycles. The molecule has 1 aromatic carbocycles. The van der Waals surface area contributed by atoms with E-state index in [1.807, 2.05) is 23.0 Å². The van der Waals surface area contributed by atoms with Crippen molar-refractivity contribution in [3.63, 3.8) is 0 Å². The number of rotatable bonds is 5. The van der Waals surface area contributed by atoms with E-state index in [1.54, 1.807) is 17.5 Å². The van der Waals surface area contributed by atoms with E-state index in [-0.39, 0.29) is 6.61 Å². The molecular weight excluding hydrogens is 318 g/mol. The van der Waals surface area contributed by atoms with Gasteiger partial charge in [-0.3, -0.25) is 4.90 Å². The van der Waals surface area contributed by atoms with Crippen molar-refractivity contribution in [2.45, 2.75) is 13.1 Å². The number of thiophene rings is 1. The van der Waals surface area contributed by atoms with E-state index in [4.69, 9.17) is 5.11 Å². The van der Waals surface area contributed by atoms with Gasteiger partial charge in [-0.1, -0.05) is 24.0 Å². The predicted molar refractivity (Wildman–Crippen MR) is 97.0 cm³/mol. The van der Waals surface area contributed by atoms with Gasteiger partial charge >= 0.3 is 0 Å². The number of benzene rings is 1. The predicted octanol–water partition coefficient (Wildman–Crippen LogP) is 2.91. The van der Waals surface area contributed by atoms with E-state index in [2.05, 4.69) is 59.2 Å². The van der Waals surface area contributed by atoms with Crippen molar-refractivity contribution >= 4 is 11.3 Å². The summed E-state index contributed by atoms with van der Waals surface area (Å²) in [4.78, 5) is 4.54. The van der Waals surface area contributed by atoms with Crippen LogP contribution in [0.4, 0.5) is 0 Å². The minimum Gasteiger partial charge on any atom is -0.384 e. The molecule has 0 saturated heterocycles. The van der Waals surface area contributed by atoms with Crippen molar-refractivity contribution in [1.82, 2.24) is 14.7 Å². The Morgan fingerprint density at radius 1 is 1.17 bits per heavy atom. The second kappa shape index (κ2) is 7.93. The average molecular weight is 337 g/mol. The van der Waals surface area contributed by atoms with Crippen LogP contribution in [0.25, 0.3) is 5.69 Å². The Morgan fingerprint density at radius 2 is 2.00 bits per heavy atom. The third-order valence-electron chi connectivity index (χ3n) is 3.54. The highest BCUT2D eigenvalue weighted by molar-refractivity contribution is 7.12. The van der Waals surface area contributed by atoms with Crippen LogP contribution in [0.15, 0.2) is 54.9 Å². The van der Waals surface area contributed by atoms with E-state index < -0.39 is 0 Å². The first-order valence-corrected chi connectivity index (χ1v) is 8.52. The van der Waals surface area contributed by atoms with Gasteiger partial charge in [-0.15, -0.1) is 11.3 Å². The zero-order valence-electron chi connectivity index (χ0n) is 13.5. The Hall–Kier alpha value is -2.39. The molecule has 0 fully saturated rings. The van der Waals surface area contributed by atoms with Crippen LogP contribution in [0.3, 0.4) is 0 Å². The second-order valence-electron chi connectivity index (χ2n) is 5.52. The molecular formula is C19H19N3OS. The highest BCUT2D eigenvalue weighted by atomic mass is 32.1. The molecule has 24 heavy (non-hydrogen) atoms. The van der Waals surface area contributed by atoms with Crippen LogP contribution in [-0.4, -0.2) is 33.4 Å². The molecule has 0 unspecified atom stereocenters. The van der Waals surface area contributed by atoms with Gasteiger partial charge in [0.1, 0.15) is 6.61 Å². The summed E-state index contributed by atoms with van der Waals surface area (Å²) >= 11 is 1.67. The number of aliphatic hydroxyl groups is 1. The molecule has 0 amide bonds. The van der Waals surface area contributed by atoms with Gasteiger partial charge in [0.05, 0.1) is 10.6 Å². The maximum absolute atomic E-state index is 8.74. The van der Waals surface area contributed by atoms with Gasteiger partial charge < -0.3 is 5.11 Å². The number of aliphatic hydroxyl groups excluding tert-OH is 1. The summed E-state index contributed by atoms with van der Waals surface area (Å²) in [6.07, 6.45) is 3.72. The molecule has 0 atom stereocenters. The summed E-state index contributed by atoms with van der Waals surface area (Å²) in [6, 6.07) is 14.5. The summed E-state index contributed by atoms with van der Waals surface area (Å²) in [5, 5.41) is 13.0. The van der Waals surface area contributed by atoms with Gasteiger partial charge in [0.25, 0.3) is 0 Å². The first kappa shape index (κ1) is 16.5. The highest BCUT2D eigenvalue weighted by Gasteiger charge is 2.05. The third kappa shape index (κ3) is 4.33. The van der Waals surface area contributed by atoms with Crippen LogP contribution in [0.5, 0.6) is 0 Å². The van der Waals surface area contributed by atoms with E-state index in [0.717, 1.165) is 23.7 Å². The molecule has 5 heteroatoms. The Balaban J connectivity index is 1.58. The van der Waals surface area contributed by atoms with Crippen molar-refractivity contribution in [3.8, 4) is 17.5 Å². The van der Waals surface area contributed by atoms with E-state index in [9.17, 15) is 0 Å². The molecule has 0 aliphatic carbocycles. The minimum absolute atomic E-state index is 0.0956. The monoisotopic (exact) mass is 337 g/mol. The van der Waals surface area contributed by atoms with Crippen molar-refractivity contribution in [3.05, 3.63) is 70.2 Å². The molecule has 2 aromatic heterocycles. The van der Waals surface area contributed by atoms with Crippen LogP contribution in [-0.2, 0) is 13.1 Å². The number of aromatic nitrogens is 2. The molecule has 3 aromatic rings. The first-order valence-electron chi connectivity index (χ1n) is 7.70. The molecule has 0 aliphatic rings. The fourth-order valence-electron chi connectivity index (χ4n) is 2.47. The zero-order chi connectivity index (χ0) is 16.8. The highest BCUT2D eigenvalue weighted by Crippen LogP contribution is 2.18. The second-order valence-corrected chi connectivity index (χ2v) is 6.68. The lowest BCUT2D eigenvalue weighted by molar-refractivity contribution is 0.322.